The van der Waals surface area contributed by atoms with Crippen molar-refractivity contribution in [2.45, 2.75) is 56.7 Å². The average Bonchev–Trinajstić information content (AvgIpc) is 3.42. The maximum absolute atomic E-state index is 14.7. The van der Waals surface area contributed by atoms with Crippen LogP contribution in [0.1, 0.15) is 37.3 Å². The van der Waals surface area contributed by atoms with Crippen LogP contribution in [0.15, 0.2) is 30.7 Å². The van der Waals surface area contributed by atoms with Crippen LogP contribution in [0.4, 0.5) is 4.39 Å². The minimum atomic E-state index is -1.27. The highest BCUT2D eigenvalue weighted by atomic mass is 35.5. The summed E-state index contributed by atoms with van der Waals surface area (Å²) >= 11 is 12.1. The SMILES string of the molecule is CC1(C)O[C@H]2[C@@H](O1)[C@H](n1ccc3c(Cl)ncnc31)O[C@@H]2[C@H](O)c1ccc(Cl)c(F)c1CCO. The van der Waals surface area contributed by atoms with Crippen LogP contribution in [0.5, 0.6) is 0 Å². The van der Waals surface area contributed by atoms with Crippen LogP contribution < -0.4 is 0 Å². The largest absolute Gasteiger partial charge is 0.396 e. The number of fused-ring (bicyclic) bond motifs is 2. The second-order valence-electron chi connectivity index (χ2n) is 8.53. The van der Waals surface area contributed by atoms with E-state index in [1.54, 1.807) is 30.7 Å². The van der Waals surface area contributed by atoms with Gasteiger partial charge in [-0.2, -0.15) is 0 Å². The molecule has 2 aliphatic rings. The molecule has 2 fully saturated rings. The summed E-state index contributed by atoms with van der Waals surface area (Å²) in [5.41, 5.74) is 0.942. The second-order valence-corrected chi connectivity index (χ2v) is 9.29. The van der Waals surface area contributed by atoms with Gasteiger partial charge in [-0.1, -0.05) is 29.3 Å². The van der Waals surface area contributed by atoms with Gasteiger partial charge < -0.3 is 29.0 Å². The highest BCUT2D eigenvalue weighted by Gasteiger charge is 2.58. The van der Waals surface area contributed by atoms with E-state index in [4.69, 9.17) is 37.4 Å². The second kappa shape index (κ2) is 8.42. The molecular weight excluding hydrogens is 476 g/mol. The summed E-state index contributed by atoms with van der Waals surface area (Å²) in [6.07, 6.45) is -0.994. The van der Waals surface area contributed by atoms with Crippen molar-refractivity contribution >= 4 is 34.2 Å². The first kappa shape index (κ1) is 22.9. The number of hydrogen-bond acceptors (Lipinski definition) is 7. The number of aliphatic hydroxyl groups is 2. The first-order chi connectivity index (χ1) is 15.7. The van der Waals surface area contributed by atoms with Gasteiger partial charge in [-0.3, -0.25) is 0 Å². The molecule has 3 aromatic rings. The molecule has 2 saturated heterocycles. The first-order valence-electron chi connectivity index (χ1n) is 10.5. The van der Waals surface area contributed by atoms with E-state index < -0.39 is 42.2 Å². The molecule has 1 aromatic carbocycles. The molecule has 0 bridgehead atoms. The molecule has 0 radical (unpaired) electrons. The minimum Gasteiger partial charge on any atom is -0.396 e. The van der Waals surface area contributed by atoms with Gasteiger partial charge in [0.15, 0.2) is 12.0 Å². The minimum absolute atomic E-state index is 0.0104. The van der Waals surface area contributed by atoms with Crippen LogP contribution in [-0.4, -0.2) is 55.5 Å². The normalized spacial score (nSPS) is 27.2. The topological polar surface area (TPSA) is 98.9 Å². The predicted octanol–water partition coefficient (Wildman–Crippen LogP) is 3.56. The van der Waals surface area contributed by atoms with E-state index in [9.17, 15) is 14.6 Å². The van der Waals surface area contributed by atoms with Crippen molar-refractivity contribution < 1.29 is 28.8 Å². The standard InChI is InChI=1S/C22H22Cl2FN3O5/c1-22(2)32-17-16(15(30)11-3-4-13(23)14(25)10(11)6-8-29)31-21(18(17)33-22)28-7-5-12-19(24)26-9-27-20(12)28/h3-5,7,9,15-18,21,29-30H,6,8H2,1-2H3/t15-,16-,17-,18-,21-/m1/s1. The monoisotopic (exact) mass is 497 g/mol. The Morgan fingerprint density at radius 1 is 1.18 bits per heavy atom. The molecule has 11 heteroatoms. The molecule has 0 amide bonds. The Bertz CT molecular complexity index is 1210. The zero-order chi connectivity index (χ0) is 23.5. The first-order valence-corrected chi connectivity index (χ1v) is 11.2. The van der Waals surface area contributed by atoms with Gasteiger partial charge in [0, 0.05) is 12.8 Å². The summed E-state index contributed by atoms with van der Waals surface area (Å²) in [5, 5.41) is 21.6. The summed E-state index contributed by atoms with van der Waals surface area (Å²) in [7, 11) is 0. The maximum Gasteiger partial charge on any atom is 0.164 e. The van der Waals surface area contributed by atoms with Crippen molar-refractivity contribution in [1.29, 1.82) is 0 Å². The Morgan fingerprint density at radius 3 is 2.70 bits per heavy atom. The summed E-state index contributed by atoms with van der Waals surface area (Å²) in [6, 6.07) is 4.68. The number of aliphatic hydroxyl groups excluding tert-OH is 2. The number of nitrogens with zero attached hydrogens (tertiary/aromatic N) is 3. The summed E-state index contributed by atoms with van der Waals surface area (Å²) in [4.78, 5) is 8.32. The van der Waals surface area contributed by atoms with Crippen molar-refractivity contribution in [3.8, 4) is 0 Å². The molecule has 0 aliphatic carbocycles. The fourth-order valence-electron chi connectivity index (χ4n) is 4.66. The van der Waals surface area contributed by atoms with Gasteiger partial charge in [0.25, 0.3) is 0 Å². The van der Waals surface area contributed by atoms with E-state index in [1.807, 2.05) is 0 Å². The maximum atomic E-state index is 14.7. The Labute approximate surface area is 198 Å². The molecule has 2 aromatic heterocycles. The molecule has 176 valence electrons. The quantitative estimate of drug-likeness (QED) is 0.519. The molecule has 0 saturated carbocycles. The van der Waals surface area contributed by atoms with Crippen LogP contribution in [-0.2, 0) is 20.6 Å². The Balaban J connectivity index is 1.55. The van der Waals surface area contributed by atoms with Crippen LogP contribution in [0.25, 0.3) is 11.0 Å². The van der Waals surface area contributed by atoms with Crippen molar-refractivity contribution in [2.75, 3.05) is 6.61 Å². The average molecular weight is 498 g/mol. The summed E-state index contributed by atoms with van der Waals surface area (Å²) in [5.74, 6) is -1.61. The number of ether oxygens (including phenoxy) is 3. The third kappa shape index (κ3) is 3.81. The molecule has 0 unspecified atom stereocenters. The lowest BCUT2D eigenvalue weighted by Crippen LogP contribution is -2.34. The number of rotatable bonds is 5. The molecule has 5 rings (SSSR count). The van der Waals surface area contributed by atoms with Gasteiger partial charge >= 0.3 is 0 Å². The van der Waals surface area contributed by atoms with Crippen LogP contribution in [0.2, 0.25) is 10.2 Å². The molecule has 2 N–H and O–H groups in total. The molecule has 4 heterocycles. The molecule has 0 spiro atoms. The van der Waals surface area contributed by atoms with E-state index in [-0.39, 0.29) is 29.2 Å². The van der Waals surface area contributed by atoms with Crippen molar-refractivity contribution in [3.05, 3.63) is 57.8 Å². The number of benzene rings is 1. The van der Waals surface area contributed by atoms with Crippen LogP contribution in [0, 0.1) is 5.82 Å². The van der Waals surface area contributed by atoms with Crippen molar-refractivity contribution in [1.82, 2.24) is 14.5 Å². The zero-order valence-corrected chi connectivity index (χ0v) is 19.3. The lowest BCUT2D eigenvalue weighted by molar-refractivity contribution is -0.207. The van der Waals surface area contributed by atoms with Crippen LogP contribution >= 0.6 is 23.2 Å². The molecule has 2 aliphatic heterocycles. The molecular formula is C22H22Cl2FN3O5. The lowest BCUT2D eigenvalue weighted by Gasteiger charge is -2.28. The summed E-state index contributed by atoms with van der Waals surface area (Å²) < 4.78 is 35.0. The van der Waals surface area contributed by atoms with Gasteiger partial charge in [-0.25, -0.2) is 14.4 Å². The third-order valence-electron chi connectivity index (χ3n) is 6.02. The van der Waals surface area contributed by atoms with Gasteiger partial charge in [-0.15, -0.1) is 0 Å². The molecule has 33 heavy (non-hydrogen) atoms. The van der Waals surface area contributed by atoms with Gasteiger partial charge in [0.2, 0.25) is 0 Å². The Morgan fingerprint density at radius 2 is 1.94 bits per heavy atom. The summed E-state index contributed by atoms with van der Waals surface area (Å²) in [6.45, 7) is 3.25. The number of hydrogen-bond donors (Lipinski definition) is 2. The number of halogens is 3. The number of aromatic nitrogens is 3. The molecule has 8 nitrogen and oxygen atoms in total. The fourth-order valence-corrected chi connectivity index (χ4v) is 5.03. The van der Waals surface area contributed by atoms with Crippen molar-refractivity contribution in [3.63, 3.8) is 0 Å². The third-order valence-corrected chi connectivity index (χ3v) is 6.62. The van der Waals surface area contributed by atoms with Gasteiger partial charge in [-0.05, 0) is 43.5 Å². The molecule has 5 atom stereocenters. The van der Waals surface area contributed by atoms with Crippen molar-refractivity contribution in [2.24, 2.45) is 0 Å². The van der Waals surface area contributed by atoms with E-state index in [1.165, 1.54) is 18.5 Å². The van der Waals surface area contributed by atoms with E-state index in [2.05, 4.69) is 9.97 Å². The van der Waals surface area contributed by atoms with E-state index in [0.29, 0.717) is 16.2 Å². The zero-order valence-electron chi connectivity index (χ0n) is 17.8. The van der Waals surface area contributed by atoms with Gasteiger partial charge in [0.1, 0.15) is 47.4 Å². The van der Waals surface area contributed by atoms with E-state index in [0.717, 1.165) is 0 Å². The Hall–Kier alpha value is -1.85. The Kier molecular flexibility index (Phi) is 5.85. The highest BCUT2D eigenvalue weighted by molar-refractivity contribution is 6.33. The fraction of sp³-hybridized carbons (Fsp3) is 0.455. The van der Waals surface area contributed by atoms with Gasteiger partial charge in [0.05, 0.1) is 10.4 Å². The highest BCUT2D eigenvalue weighted by Crippen LogP contribution is 2.47. The predicted molar refractivity (Wildman–Crippen MR) is 117 cm³/mol. The smallest absolute Gasteiger partial charge is 0.164 e. The van der Waals surface area contributed by atoms with E-state index >= 15 is 0 Å². The van der Waals surface area contributed by atoms with Crippen LogP contribution in [0.3, 0.4) is 0 Å². The lowest BCUT2D eigenvalue weighted by atomic mass is 9.93.